The fraction of sp³-hybridized carbons (Fsp3) is 0.750. The highest BCUT2D eigenvalue weighted by molar-refractivity contribution is 9.09. The number of carboxylic acid groups (broad SMARTS) is 1. The maximum absolute atomic E-state index is 11.2. The van der Waals surface area contributed by atoms with Crippen molar-refractivity contribution in [3.63, 3.8) is 0 Å². The summed E-state index contributed by atoms with van der Waals surface area (Å²) in [5.41, 5.74) is 0. The van der Waals surface area contributed by atoms with Gasteiger partial charge in [-0.15, -0.1) is 0 Å². The van der Waals surface area contributed by atoms with E-state index in [0.29, 0.717) is 18.2 Å². The maximum Gasteiger partial charge on any atom is 0.314 e. The first-order valence-electron chi connectivity index (χ1n) is 7.94. The first kappa shape index (κ1) is 19.0. The van der Waals surface area contributed by atoms with Crippen LogP contribution in [0.2, 0.25) is 0 Å². The molecule has 1 atom stereocenters. The van der Waals surface area contributed by atoms with Crippen LogP contribution in [0.3, 0.4) is 0 Å². The lowest BCUT2D eigenvalue weighted by Gasteiger charge is -2.11. The third kappa shape index (κ3) is 6.81. The third-order valence-electron chi connectivity index (χ3n) is 3.52. The Morgan fingerprint density at radius 2 is 1.91 bits per heavy atom. The van der Waals surface area contributed by atoms with Crippen molar-refractivity contribution in [2.24, 2.45) is 5.92 Å². The van der Waals surface area contributed by atoms with E-state index in [2.05, 4.69) is 21.1 Å². The van der Waals surface area contributed by atoms with Crippen molar-refractivity contribution in [2.45, 2.75) is 58.3 Å². The van der Waals surface area contributed by atoms with Crippen molar-refractivity contribution >= 4 is 21.9 Å². The largest absolute Gasteiger partial charge is 0.481 e. The lowest BCUT2D eigenvalue weighted by atomic mass is 9.94. The summed E-state index contributed by atoms with van der Waals surface area (Å²) < 4.78 is 10.6. The molecule has 0 aliphatic carbocycles. The number of halogens is 1. The Hall–Kier alpha value is -1.04. The molecule has 1 N–H and O–H groups in total. The van der Waals surface area contributed by atoms with Crippen LogP contribution < -0.4 is 4.74 Å². The highest BCUT2D eigenvalue weighted by Gasteiger charge is 2.28. The molecule has 6 heteroatoms. The topological polar surface area (TPSA) is 72.6 Å². The molecule has 0 fully saturated rings. The first-order valence-corrected chi connectivity index (χ1v) is 9.06. The Balaban J connectivity index is 2.26. The third-order valence-corrected chi connectivity index (χ3v) is 4.08. The zero-order chi connectivity index (χ0) is 16.4. The minimum Gasteiger partial charge on any atom is -0.481 e. The number of carbonyl (C=O) groups is 1. The molecule has 0 aliphatic heterocycles. The molecule has 1 aromatic rings. The number of hydrogen-bond donors (Lipinski definition) is 1. The van der Waals surface area contributed by atoms with Gasteiger partial charge in [-0.25, -0.2) is 0 Å². The number of unbranched alkanes of at least 4 members (excludes halogenated alkanes) is 5. The second-order valence-electron chi connectivity index (χ2n) is 5.79. The van der Waals surface area contributed by atoms with E-state index in [1.165, 1.54) is 25.7 Å². The van der Waals surface area contributed by atoms with Crippen molar-refractivity contribution in [2.75, 3.05) is 11.9 Å². The second kappa shape index (κ2) is 10.6. The second-order valence-corrected chi connectivity index (χ2v) is 6.58. The summed E-state index contributed by atoms with van der Waals surface area (Å²) >= 11 is 3.43. The monoisotopic (exact) mass is 375 g/mol. The van der Waals surface area contributed by atoms with Gasteiger partial charge in [-0.05, 0) is 23.9 Å². The van der Waals surface area contributed by atoms with Gasteiger partial charge in [-0.3, -0.25) is 4.79 Å². The molecular weight excluding hydrogens is 350 g/mol. The van der Waals surface area contributed by atoms with E-state index >= 15 is 0 Å². The standard InChI is InChI=1S/C16H26BrNO4/c1-12(2)15(16(19)20)13-11-14(18-22-13)21-10-8-6-4-3-5-7-9-17/h11-12,15H,3-10H2,1-2H3,(H,19,20). The lowest BCUT2D eigenvalue weighted by Crippen LogP contribution is -2.16. The van der Waals surface area contributed by atoms with Crippen molar-refractivity contribution in [3.05, 3.63) is 11.8 Å². The van der Waals surface area contributed by atoms with Crippen LogP contribution >= 0.6 is 15.9 Å². The Morgan fingerprint density at radius 3 is 2.50 bits per heavy atom. The van der Waals surface area contributed by atoms with Crippen molar-refractivity contribution in [1.82, 2.24) is 5.16 Å². The van der Waals surface area contributed by atoms with Crippen LogP contribution in [-0.4, -0.2) is 28.2 Å². The maximum atomic E-state index is 11.2. The Kier molecular flexibility index (Phi) is 9.20. The van der Waals surface area contributed by atoms with Gasteiger partial charge in [0.15, 0.2) is 5.76 Å². The van der Waals surface area contributed by atoms with E-state index in [-0.39, 0.29) is 5.92 Å². The van der Waals surface area contributed by atoms with E-state index in [1.54, 1.807) is 6.07 Å². The summed E-state index contributed by atoms with van der Waals surface area (Å²) in [4.78, 5) is 11.2. The number of carboxylic acids is 1. The van der Waals surface area contributed by atoms with Gasteiger partial charge in [0.05, 0.1) is 6.61 Å². The van der Waals surface area contributed by atoms with Crippen molar-refractivity contribution in [3.8, 4) is 5.88 Å². The van der Waals surface area contributed by atoms with Crippen molar-refractivity contribution in [1.29, 1.82) is 0 Å². The Labute approximate surface area is 140 Å². The van der Waals surface area contributed by atoms with E-state index in [1.807, 2.05) is 13.8 Å². The molecule has 0 saturated heterocycles. The molecule has 0 saturated carbocycles. The van der Waals surface area contributed by atoms with E-state index in [9.17, 15) is 9.90 Å². The highest BCUT2D eigenvalue weighted by atomic mass is 79.9. The van der Waals surface area contributed by atoms with Gasteiger partial charge in [0.1, 0.15) is 5.92 Å². The van der Waals surface area contributed by atoms with Crippen LogP contribution in [0.1, 0.15) is 64.1 Å². The summed E-state index contributed by atoms with van der Waals surface area (Å²) in [5, 5.41) is 14.1. The molecule has 1 rings (SSSR count). The first-order chi connectivity index (χ1) is 10.6. The lowest BCUT2D eigenvalue weighted by molar-refractivity contribution is -0.140. The molecule has 1 unspecified atom stereocenters. The van der Waals surface area contributed by atoms with Gasteiger partial charge in [0, 0.05) is 11.4 Å². The smallest absolute Gasteiger partial charge is 0.314 e. The molecule has 0 spiro atoms. The summed E-state index contributed by atoms with van der Waals surface area (Å²) in [6, 6.07) is 1.59. The zero-order valence-electron chi connectivity index (χ0n) is 13.4. The zero-order valence-corrected chi connectivity index (χ0v) is 15.0. The van der Waals surface area contributed by atoms with Crippen LogP contribution in [0, 0.1) is 5.92 Å². The van der Waals surface area contributed by atoms with Gasteiger partial charge in [-0.1, -0.05) is 55.5 Å². The molecule has 0 bridgehead atoms. The van der Waals surface area contributed by atoms with Gasteiger partial charge in [-0.2, -0.15) is 0 Å². The normalized spacial score (nSPS) is 12.5. The van der Waals surface area contributed by atoms with Gasteiger partial charge in [0.2, 0.25) is 0 Å². The number of aliphatic carboxylic acids is 1. The minimum absolute atomic E-state index is 0.0576. The number of alkyl halides is 1. The van der Waals surface area contributed by atoms with Crippen LogP contribution in [0.15, 0.2) is 10.6 Å². The highest BCUT2D eigenvalue weighted by Crippen LogP contribution is 2.27. The molecule has 0 radical (unpaired) electrons. The average Bonchev–Trinajstić information content (AvgIpc) is 2.89. The molecule has 1 heterocycles. The van der Waals surface area contributed by atoms with Gasteiger partial charge < -0.3 is 14.4 Å². The Morgan fingerprint density at radius 1 is 1.27 bits per heavy atom. The quantitative estimate of drug-likeness (QED) is 0.426. The van der Waals surface area contributed by atoms with Crippen LogP contribution in [0.25, 0.3) is 0 Å². The van der Waals surface area contributed by atoms with Crippen molar-refractivity contribution < 1.29 is 19.2 Å². The van der Waals surface area contributed by atoms with Crippen LogP contribution in [0.5, 0.6) is 5.88 Å². The van der Waals surface area contributed by atoms with E-state index in [0.717, 1.165) is 18.2 Å². The average molecular weight is 376 g/mol. The molecule has 1 aromatic heterocycles. The number of rotatable bonds is 12. The van der Waals surface area contributed by atoms with E-state index in [4.69, 9.17) is 9.26 Å². The number of hydrogen-bond acceptors (Lipinski definition) is 4. The molecule has 22 heavy (non-hydrogen) atoms. The van der Waals surface area contributed by atoms with Crippen LogP contribution in [-0.2, 0) is 4.79 Å². The molecular formula is C16H26BrNO4. The Bertz CT molecular complexity index is 434. The summed E-state index contributed by atoms with van der Waals surface area (Å²) in [6.45, 7) is 4.28. The predicted octanol–water partition coefficient (Wildman–Crippen LogP) is 4.61. The van der Waals surface area contributed by atoms with Gasteiger partial charge >= 0.3 is 5.97 Å². The summed E-state index contributed by atoms with van der Waals surface area (Å²) in [7, 11) is 0. The summed E-state index contributed by atoms with van der Waals surface area (Å²) in [5.74, 6) is -0.910. The molecule has 0 amide bonds. The fourth-order valence-corrected chi connectivity index (χ4v) is 2.70. The molecule has 5 nitrogen and oxygen atoms in total. The molecule has 0 aliphatic rings. The molecule has 126 valence electrons. The molecule has 0 aromatic carbocycles. The van der Waals surface area contributed by atoms with Crippen LogP contribution in [0.4, 0.5) is 0 Å². The number of ether oxygens (including phenoxy) is 1. The fourth-order valence-electron chi connectivity index (χ4n) is 2.30. The predicted molar refractivity (Wildman–Crippen MR) is 88.7 cm³/mol. The van der Waals surface area contributed by atoms with E-state index < -0.39 is 11.9 Å². The summed E-state index contributed by atoms with van der Waals surface area (Å²) in [6.07, 6.45) is 7.09. The minimum atomic E-state index is -0.902. The number of nitrogens with zero attached hydrogens (tertiary/aromatic N) is 1. The SMILES string of the molecule is CC(C)C(C(=O)O)c1cc(OCCCCCCCCBr)no1. The van der Waals surface area contributed by atoms with Gasteiger partial charge in [0.25, 0.3) is 5.88 Å². The number of aromatic nitrogens is 1.